The first-order valence-electron chi connectivity index (χ1n) is 6.66. The first kappa shape index (κ1) is 14.2. The van der Waals surface area contributed by atoms with Gasteiger partial charge in [-0.15, -0.1) is 0 Å². The van der Waals surface area contributed by atoms with Gasteiger partial charge in [0.15, 0.2) is 0 Å². The van der Waals surface area contributed by atoms with E-state index in [4.69, 9.17) is 0 Å². The Morgan fingerprint density at radius 3 is 2.53 bits per heavy atom. The maximum Gasteiger partial charge on any atom is 0.416 e. The molecule has 0 aliphatic carbocycles. The molecule has 106 valence electrons. The van der Waals surface area contributed by atoms with Crippen LogP contribution in [0.25, 0.3) is 0 Å². The van der Waals surface area contributed by atoms with Gasteiger partial charge in [-0.2, -0.15) is 13.2 Å². The van der Waals surface area contributed by atoms with E-state index in [1.54, 1.807) is 6.07 Å². The van der Waals surface area contributed by atoms with Gasteiger partial charge in [0.25, 0.3) is 0 Å². The highest BCUT2D eigenvalue weighted by molar-refractivity contribution is 5.56. The van der Waals surface area contributed by atoms with Crippen molar-refractivity contribution in [3.63, 3.8) is 0 Å². The maximum absolute atomic E-state index is 12.8. The second-order valence-electron chi connectivity index (χ2n) is 4.75. The van der Waals surface area contributed by atoms with Gasteiger partial charge in [-0.05, 0) is 43.3 Å². The number of alkyl halides is 3. The predicted molar refractivity (Wildman–Crippen MR) is 70.2 cm³/mol. The van der Waals surface area contributed by atoms with Crippen molar-refractivity contribution in [2.75, 3.05) is 25.0 Å². The van der Waals surface area contributed by atoms with Crippen LogP contribution in [0.5, 0.6) is 0 Å². The summed E-state index contributed by atoms with van der Waals surface area (Å²) in [7, 11) is 0. The van der Waals surface area contributed by atoms with E-state index in [1.165, 1.54) is 6.07 Å². The summed E-state index contributed by atoms with van der Waals surface area (Å²) < 4.78 is 38.4. The third-order valence-electron chi connectivity index (χ3n) is 3.72. The molecule has 1 aliphatic heterocycles. The van der Waals surface area contributed by atoms with E-state index in [1.807, 2.05) is 13.8 Å². The summed E-state index contributed by atoms with van der Waals surface area (Å²) in [4.78, 5) is 2.21. The molecular formula is C14H19F3N2. The molecule has 0 aromatic heterocycles. The van der Waals surface area contributed by atoms with Crippen LogP contribution in [-0.2, 0) is 6.18 Å². The Kier molecular flexibility index (Phi) is 4.04. The summed E-state index contributed by atoms with van der Waals surface area (Å²) in [5.41, 5.74) is 1.04. The van der Waals surface area contributed by atoms with Gasteiger partial charge in [0.05, 0.1) is 5.56 Å². The molecule has 2 nitrogen and oxygen atoms in total. The zero-order valence-electron chi connectivity index (χ0n) is 11.2. The summed E-state index contributed by atoms with van der Waals surface area (Å²) in [6, 6.07) is 4.07. The Labute approximate surface area is 111 Å². The van der Waals surface area contributed by atoms with Crippen LogP contribution in [0.15, 0.2) is 18.2 Å². The van der Waals surface area contributed by atoms with Gasteiger partial charge in [-0.3, -0.25) is 4.90 Å². The highest BCUT2D eigenvalue weighted by Crippen LogP contribution is 2.38. The fourth-order valence-corrected chi connectivity index (χ4v) is 2.72. The lowest BCUT2D eigenvalue weighted by Gasteiger charge is -2.35. The minimum absolute atomic E-state index is 0.0774. The second kappa shape index (κ2) is 5.41. The van der Waals surface area contributed by atoms with Crippen LogP contribution >= 0.6 is 0 Å². The number of rotatable bonds is 3. The molecule has 1 aromatic carbocycles. The lowest BCUT2D eigenvalue weighted by Crippen LogP contribution is -2.33. The molecule has 1 heterocycles. The molecule has 1 aromatic rings. The van der Waals surface area contributed by atoms with Crippen LogP contribution < -0.4 is 5.32 Å². The van der Waals surface area contributed by atoms with Gasteiger partial charge >= 0.3 is 6.18 Å². The van der Waals surface area contributed by atoms with Crippen molar-refractivity contribution in [3.8, 4) is 0 Å². The fraction of sp³-hybridized carbons (Fsp3) is 0.571. The highest BCUT2D eigenvalue weighted by Gasteiger charge is 2.33. The number of hydrogen-bond acceptors (Lipinski definition) is 2. The van der Waals surface area contributed by atoms with Gasteiger partial charge in [0, 0.05) is 18.3 Å². The number of nitrogens with one attached hydrogen (secondary N) is 1. The van der Waals surface area contributed by atoms with Crippen LogP contribution in [-0.4, -0.2) is 24.5 Å². The largest absolute Gasteiger partial charge is 0.416 e. The first-order chi connectivity index (χ1) is 8.97. The average Bonchev–Trinajstić information content (AvgIpc) is 2.39. The van der Waals surface area contributed by atoms with E-state index in [-0.39, 0.29) is 6.04 Å². The molecule has 0 bridgehead atoms. The number of halogens is 3. The molecule has 0 amide bonds. The Morgan fingerprint density at radius 1 is 1.26 bits per heavy atom. The second-order valence-corrected chi connectivity index (χ2v) is 4.75. The smallest absolute Gasteiger partial charge is 0.385 e. The molecule has 0 fully saturated rings. The van der Waals surface area contributed by atoms with E-state index in [0.29, 0.717) is 0 Å². The van der Waals surface area contributed by atoms with E-state index in [9.17, 15) is 13.2 Å². The fourth-order valence-electron chi connectivity index (χ4n) is 2.72. The highest BCUT2D eigenvalue weighted by atomic mass is 19.4. The van der Waals surface area contributed by atoms with E-state index < -0.39 is 11.7 Å². The van der Waals surface area contributed by atoms with Crippen LogP contribution in [0.4, 0.5) is 18.9 Å². The molecule has 19 heavy (non-hydrogen) atoms. The summed E-state index contributed by atoms with van der Waals surface area (Å²) in [5, 5.41) is 3.18. The van der Waals surface area contributed by atoms with Crippen molar-refractivity contribution in [2.45, 2.75) is 32.5 Å². The minimum atomic E-state index is -4.28. The first-order valence-corrected chi connectivity index (χ1v) is 6.66. The predicted octanol–water partition coefficient (Wildman–Crippen LogP) is 3.90. The van der Waals surface area contributed by atoms with Crippen LogP contribution in [0.2, 0.25) is 0 Å². The molecule has 2 rings (SSSR count). The Bertz CT molecular complexity index is 439. The van der Waals surface area contributed by atoms with Crippen LogP contribution in [0.1, 0.15) is 37.4 Å². The van der Waals surface area contributed by atoms with Gasteiger partial charge in [0.2, 0.25) is 0 Å². The number of benzene rings is 1. The Balaban J connectivity index is 2.41. The van der Waals surface area contributed by atoms with E-state index in [0.717, 1.165) is 43.4 Å². The molecule has 5 heteroatoms. The maximum atomic E-state index is 12.8. The topological polar surface area (TPSA) is 15.3 Å². The summed E-state index contributed by atoms with van der Waals surface area (Å²) >= 11 is 0. The number of fused-ring (bicyclic) bond motifs is 1. The standard InChI is InChI=1S/C14H19F3N2/c1-3-19(4-2)13-7-8-18-12-6-5-10(9-11(12)13)14(15,16)17/h5-6,9,13,18H,3-4,7-8H2,1-2H3/t13-/m1/s1. The third kappa shape index (κ3) is 2.86. The molecule has 0 saturated carbocycles. The Hall–Kier alpha value is -1.23. The molecule has 1 N–H and O–H groups in total. The normalized spacial score (nSPS) is 19.2. The average molecular weight is 272 g/mol. The van der Waals surface area contributed by atoms with Crippen molar-refractivity contribution < 1.29 is 13.2 Å². The van der Waals surface area contributed by atoms with Crippen molar-refractivity contribution in [2.24, 2.45) is 0 Å². The lowest BCUT2D eigenvalue weighted by molar-refractivity contribution is -0.137. The summed E-state index contributed by atoms with van der Waals surface area (Å²) in [5.74, 6) is 0. The SMILES string of the molecule is CCN(CC)[C@@H]1CCNc2ccc(C(F)(F)F)cc21. The minimum Gasteiger partial charge on any atom is -0.385 e. The summed E-state index contributed by atoms with van der Waals surface area (Å²) in [6.45, 7) is 6.57. The zero-order valence-corrected chi connectivity index (χ0v) is 11.2. The van der Waals surface area contributed by atoms with Crippen molar-refractivity contribution >= 4 is 5.69 Å². The van der Waals surface area contributed by atoms with Crippen molar-refractivity contribution in [1.82, 2.24) is 4.90 Å². The quantitative estimate of drug-likeness (QED) is 0.897. The molecule has 1 atom stereocenters. The van der Waals surface area contributed by atoms with E-state index in [2.05, 4.69) is 10.2 Å². The number of nitrogens with zero attached hydrogens (tertiary/aromatic N) is 1. The van der Waals surface area contributed by atoms with Gasteiger partial charge in [-0.25, -0.2) is 0 Å². The van der Waals surface area contributed by atoms with Gasteiger partial charge in [0.1, 0.15) is 0 Å². The van der Waals surface area contributed by atoms with Crippen LogP contribution in [0.3, 0.4) is 0 Å². The van der Waals surface area contributed by atoms with Gasteiger partial charge in [-0.1, -0.05) is 13.8 Å². The molecule has 0 spiro atoms. The lowest BCUT2D eigenvalue weighted by atomic mass is 9.94. The van der Waals surface area contributed by atoms with Crippen molar-refractivity contribution in [1.29, 1.82) is 0 Å². The van der Waals surface area contributed by atoms with E-state index >= 15 is 0 Å². The number of hydrogen-bond donors (Lipinski definition) is 1. The molecule has 0 unspecified atom stereocenters. The molecule has 1 aliphatic rings. The van der Waals surface area contributed by atoms with Gasteiger partial charge < -0.3 is 5.32 Å². The van der Waals surface area contributed by atoms with Crippen molar-refractivity contribution in [3.05, 3.63) is 29.3 Å². The zero-order chi connectivity index (χ0) is 14.0. The molecular weight excluding hydrogens is 253 g/mol. The summed E-state index contributed by atoms with van der Waals surface area (Å²) in [6.07, 6.45) is -3.43. The monoisotopic (exact) mass is 272 g/mol. The third-order valence-corrected chi connectivity index (χ3v) is 3.72. The Morgan fingerprint density at radius 2 is 1.95 bits per heavy atom. The molecule has 0 saturated heterocycles. The van der Waals surface area contributed by atoms with Crippen LogP contribution in [0, 0.1) is 0 Å². The number of anilines is 1. The molecule has 0 radical (unpaired) electrons.